The normalized spacial score (nSPS) is 10.5. The van der Waals surface area contributed by atoms with Crippen LogP contribution in [0.5, 0.6) is 0 Å². The lowest BCUT2D eigenvalue weighted by atomic mass is 10.1. The molecule has 0 unspecified atom stereocenters. The number of nitrogens with one attached hydrogen (secondary N) is 1. The molecule has 0 spiro atoms. The molecule has 1 aromatic carbocycles. The fourth-order valence-corrected chi connectivity index (χ4v) is 3.41. The number of aromatic amines is 1. The van der Waals surface area contributed by atoms with Gasteiger partial charge in [-0.05, 0) is 36.1 Å². The van der Waals surface area contributed by atoms with Crippen molar-refractivity contribution in [2.45, 2.75) is 51.9 Å². The summed E-state index contributed by atoms with van der Waals surface area (Å²) in [6.07, 6.45) is 8.90. The quantitative estimate of drug-likeness (QED) is 0.467. The molecule has 0 amide bonds. The molecule has 3 rings (SSSR count). The Morgan fingerprint density at radius 1 is 1.08 bits per heavy atom. The van der Waals surface area contributed by atoms with E-state index in [1.165, 1.54) is 38.5 Å². The van der Waals surface area contributed by atoms with Gasteiger partial charge in [0.15, 0.2) is 5.01 Å². The number of benzene rings is 1. The molecule has 0 atom stereocenters. The number of unbranched alkanes of at least 4 members (excludes halogenated alkanes) is 5. The molecule has 3 aromatic rings. The number of rotatable bonds is 8. The molecule has 0 bridgehead atoms. The maximum atomic E-state index is 4.64. The minimum atomic E-state index is 0.573. The number of hydrogen-bond acceptors (Lipinski definition) is 5. The fourth-order valence-electron chi connectivity index (χ4n) is 2.71. The zero-order valence-corrected chi connectivity index (χ0v) is 15.9. The molecule has 1 N–H and O–H groups in total. The van der Waals surface area contributed by atoms with Crippen LogP contribution in [0, 0.1) is 11.8 Å². The van der Waals surface area contributed by atoms with Crippen molar-refractivity contribution in [2.75, 3.05) is 0 Å². The molecule has 0 fully saturated rings. The molecule has 26 heavy (non-hydrogen) atoms. The number of H-pyrrole nitrogens is 1. The Bertz CT molecular complexity index is 858. The monoisotopic (exact) mass is 365 g/mol. The first kappa shape index (κ1) is 18.3. The molecule has 5 nitrogen and oxygen atoms in total. The molecule has 0 radical (unpaired) electrons. The van der Waals surface area contributed by atoms with E-state index in [2.05, 4.69) is 49.8 Å². The third-order valence-corrected chi connectivity index (χ3v) is 4.92. The van der Waals surface area contributed by atoms with Gasteiger partial charge in [0.05, 0.1) is 5.69 Å². The molecule has 6 heteroatoms. The summed E-state index contributed by atoms with van der Waals surface area (Å²) in [5.41, 5.74) is 2.98. The van der Waals surface area contributed by atoms with E-state index in [4.69, 9.17) is 0 Å². The van der Waals surface area contributed by atoms with Gasteiger partial charge in [-0.3, -0.25) is 0 Å². The first-order chi connectivity index (χ1) is 12.8. The van der Waals surface area contributed by atoms with Gasteiger partial charge in [-0.2, -0.15) is 5.21 Å². The largest absolute Gasteiger partial charge is 0.233 e. The highest BCUT2D eigenvalue weighted by atomic mass is 32.1. The third-order valence-electron chi connectivity index (χ3n) is 4.12. The van der Waals surface area contributed by atoms with Crippen molar-refractivity contribution in [3.8, 4) is 23.2 Å². The molecule has 0 saturated carbocycles. The maximum absolute atomic E-state index is 4.64. The Labute approximate surface area is 158 Å². The van der Waals surface area contributed by atoms with Gasteiger partial charge < -0.3 is 0 Å². The Hall–Kier alpha value is -2.52. The molecule has 2 heterocycles. The summed E-state index contributed by atoms with van der Waals surface area (Å²) in [6.45, 7) is 2.25. The van der Waals surface area contributed by atoms with Gasteiger partial charge in [0.25, 0.3) is 0 Å². The molecule has 0 saturated heterocycles. The van der Waals surface area contributed by atoms with Crippen molar-refractivity contribution in [3.63, 3.8) is 0 Å². The van der Waals surface area contributed by atoms with Crippen LogP contribution < -0.4 is 0 Å². The molecule has 2 aromatic heterocycles. The van der Waals surface area contributed by atoms with Gasteiger partial charge in [0.1, 0.15) is 0 Å². The van der Waals surface area contributed by atoms with Gasteiger partial charge in [0, 0.05) is 16.5 Å². The van der Waals surface area contributed by atoms with Crippen LogP contribution in [0.4, 0.5) is 0 Å². The van der Waals surface area contributed by atoms with Gasteiger partial charge in [-0.15, -0.1) is 21.5 Å². The topological polar surface area (TPSA) is 67.3 Å². The van der Waals surface area contributed by atoms with E-state index in [9.17, 15) is 0 Å². The summed E-state index contributed by atoms with van der Waals surface area (Å²) >= 11 is 1.62. The number of aromatic nitrogens is 5. The summed E-state index contributed by atoms with van der Waals surface area (Å²) in [7, 11) is 0. The van der Waals surface area contributed by atoms with E-state index in [0.717, 1.165) is 28.2 Å². The molecule has 0 aliphatic rings. The third kappa shape index (κ3) is 5.50. The number of thiazole rings is 1. The van der Waals surface area contributed by atoms with Crippen molar-refractivity contribution in [1.82, 2.24) is 25.6 Å². The highest BCUT2D eigenvalue weighted by Crippen LogP contribution is 2.16. The van der Waals surface area contributed by atoms with Crippen LogP contribution in [0.25, 0.3) is 11.4 Å². The Balaban J connectivity index is 1.54. The van der Waals surface area contributed by atoms with Gasteiger partial charge >= 0.3 is 0 Å². The zero-order valence-electron chi connectivity index (χ0n) is 15.0. The van der Waals surface area contributed by atoms with Crippen LogP contribution in [-0.2, 0) is 6.42 Å². The second-order valence-corrected chi connectivity index (χ2v) is 7.09. The molecule has 0 aliphatic carbocycles. The van der Waals surface area contributed by atoms with Gasteiger partial charge in [-0.25, -0.2) is 4.98 Å². The SMILES string of the molecule is CCCCCCCCc1csc(C#Cc2cccc(-c3nn[nH]n3)c2)n1. The van der Waals surface area contributed by atoms with Crippen molar-refractivity contribution >= 4 is 11.3 Å². The second-order valence-electron chi connectivity index (χ2n) is 6.23. The number of tetrazole rings is 1. The van der Waals surface area contributed by atoms with Crippen LogP contribution in [0.1, 0.15) is 61.7 Å². The Kier molecular flexibility index (Phi) is 6.91. The first-order valence-electron chi connectivity index (χ1n) is 9.15. The van der Waals surface area contributed by atoms with E-state index >= 15 is 0 Å². The number of hydrogen-bond donors (Lipinski definition) is 1. The number of nitrogens with zero attached hydrogens (tertiary/aromatic N) is 4. The average molecular weight is 366 g/mol. The van der Waals surface area contributed by atoms with Crippen molar-refractivity contribution in [1.29, 1.82) is 0 Å². The summed E-state index contributed by atoms with van der Waals surface area (Å²) < 4.78 is 0. The molecular formula is C20H23N5S. The van der Waals surface area contributed by atoms with Crippen LogP contribution in [0.2, 0.25) is 0 Å². The van der Waals surface area contributed by atoms with Crippen molar-refractivity contribution in [2.24, 2.45) is 0 Å². The zero-order chi connectivity index (χ0) is 18.0. The summed E-state index contributed by atoms with van der Waals surface area (Å²) in [6, 6.07) is 7.82. The highest BCUT2D eigenvalue weighted by Gasteiger charge is 2.03. The van der Waals surface area contributed by atoms with Crippen LogP contribution >= 0.6 is 11.3 Å². The second kappa shape index (κ2) is 9.83. The lowest BCUT2D eigenvalue weighted by molar-refractivity contribution is 0.605. The minimum absolute atomic E-state index is 0.573. The van der Waals surface area contributed by atoms with E-state index in [-0.39, 0.29) is 0 Å². The highest BCUT2D eigenvalue weighted by molar-refractivity contribution is 7.10. The van der Waals surface area contributed by atoms with Crippen molar-refractivity contribution < 1.29 is 0 Å². The van der Waals surface area contributed by atoms with Crippen LogP contribution in [0.15, 0.2) is 29.6 Å². The average Bonchev–Trinajstić information content (AvgIpc) is 3.35. The summed E-state index contributed by atoms with van der Waals surface area (Å²) in [4.78, 5) is 4.64. The molecule has 134 valence electrons. The maximum Gasteiger partial charge on any atom is 0.204 e. The smallest absolute Gasteiger partial charge is 0.204 e. The van der Waals surface area contributed by atoms with E-state index in [1.54, 1.807) is 11.3 Å². The van der Waals surface area contributed by atoms with Gasteiger partial charge in [0.2, 0.25) is 5.82 Å². The summed E-state index contributed by atoms with van der Waals surface area (Å²) in [5.74, 6) is 6.92. The Morgan fingerprint density at radius 3 is 2.81 bits per heavy atom. The minimum Gasteiger partial charge on any atom is -0.233 e. The lowest BCUT2D eigenvalue weighted by Gasteiger charge is -1.98. The van der Waals surface area contributed by atoms with Crippen LogP contribution in [-0.4, -0.2) is 25.6 Å². The number of aryl methyl sites for hydroxylation is 1. The van der Waals surface area contributed by atoms with Crippen LogP contribution in [0.3, 0.4) is 0 Å². The standard InChI is InChI=1S/C20H23N5S/c1-2-3-4-5-6-7-11-18-15-26-19(21-18)13-12-16-9-8-10-17(14-16)20-22-24-25-23-20/h8-10,14-15H,2-7,11H2,1H3,(H,22,23,24,25). The fraction of sp³-hybridized carbons (Fsp3) is 0.400. The van der Waals surface area contributed by atoms with Crippen molar-refractivity contribution in [3.05, 3.63) is 45.9 Å². The van der Waals surface area contributed by atoms with E-state index < -0.39 is 0 Å². The van der Waals surface area contributed by atoms with E-state index in [0.29, 0.717) is 5.82 Å². The summed E-state index contributed by atoms with van der Waals surface area (Å²) in [5, 5.41) is 17.0. The van der Waals surface area contributed by atoms with E-state index in [1.807, 2.05) is 24.3 Å². The first-order valence-corrected chi connectivity index (χ1v) is 10.0. The molecular weight excluding hydrogens is 342 g/mol. The lowest BCUT2D eigenvalue weighted by Crippen LogP contribution is -1.87. The molecule has 0 aliphatic heterocycles. The predicted molar refractivity (Wildman–Crippen MR) is 105 cm³/mol. The Morgan fingerprint density at radius 2 is 1.96 bits per heavy atom. The predicted octanol–water partition coefficient (Wildman–Crippen LogP) is 4.63. The van der Waals surface area contributed by atoms with Gasteiger partial charge in [-0.1, -0.05) is 57.1 Å².